The van der Waals surface area contributed by atoms with E-state index in [1.165, 1.54) is 9.29 Å². The third-order valence-corrected chi connectivity index (χ3v) is 6.68. The van der Waals surface area contributed by atoms with Gasteiger partial charge in [-0.15, -0.1) is 0 Å². The Morgan fingerprint density at radius 1 is 1.22 bits per heavy atom. The van der Waals surface area contributed by atoms with Gasteiger partial charge in [-0.2, -0.15) is 0 Å². The van der Waals surface area contributed by atoms with Gasteiger partial charge in [0.2, 0.25) is 5.43 Å². The molecule has 1 aromatic carbocycles. The highest BCUT2D eigenvalue weighted by molar-refractivity contribution is 7.90. The number of carbonyl (C=O) groups excluding carboxylic acids is 1. The van der Waals surface area contributed by atoms with Crippen LogP contribution < -0.4 is 10.2 Å². The second-order valence-electron chi connectivity index (χ2n) is 7.88. The Morgan fingerprint density at radius 2 is 1.92 bits per heavy atom. The van der Waals surface area contributed by atoms with Gasteiger partial charge in [0.15, 0.2) is 10.6 Å². The van der Waals surface area contributed by atoms with Crippen molar-refractivity contribution in [2.24, 2.45) is 0 Å². The Bertz CT molecular complexity index is 1480. The van der Waals surface area contributed by atoms with Crippen molar-refractivity contribution in [1.82, 2.24) is 9.29 Å². The Balaban J connectivity index is 1.96. The Labute approximate surface area is 207 Å². The number of carbonyl (C=O) groups is 1. The first-order chi connectivity index (χ1) is 17.0. The first kappa shape index (κ1) is 26.6. The van der Waals surface area contributed by atoms with Crippen molar-refractivity contribution < 1.29 is 27.1 Å². The van der Waals surface area contributed by atoms with Crippen molar-refractivity contribution in [3.05, 3.63) is 118 Å². The lowest BCUT2D eigenvalue weighted by Crippen LogP contribution is -2.35. The zero-order valence-corrected chi connectivity index (χ0v) is 20.2. The summed E-state index contributed by atoms with van der Waals surface area (Å²) < 4.78 is 55.7. The Hall–Kier alpha value is -4.05. The summed E-state index contributed by atoms with van der Waals surface area (Å²) in [7, 11) is -5.00. The third kappa shape index (κ3) is 5.95. The zero-order chi connectivity index (χ0) is 26.5. The van der Waals surface area contributed by atoms with Crippen LogP contribution in [0, 0.1) is 11.6 Å². The summed E-state index contributed by atoms with van der Waals surface area (Å²) in [5, 5.41) is 10.1. The summed E-state index contributed by atoms with van der Waals surface area (Å²) in [4.78, 5) is 23.8. The van der Waals surface area contributed by atoms with E-state index in [-0.39, 0.29) is 6.54 Å². The average Bonchev–Trinajstić information content (AvgIpc) is 2.83. The molecule has 0 fully saturated rings. The molecule has 10 heteroatoms. The lowest BCUT2D eigenvalue weighted by Gasteiger charge is -2.17. The van der Waals surface area contributed by atoms with E-state index in [4.69, 9.17) is 0 Å². The van der Waals surface area contributed by atoms with Crippen molar-refractivity contribution in [2.75, 3.05) is 0 Å². The van der Waals surface area contributed by atoms with Crippen LogP contribution in [-0.2, 0) is 16.6 Å². The van der Waals surface area contributed by atoms with E-state index in [0.717, 1.165) is 36.9 Å². The maximum atomic E-state index is 14.0. The van der Waals surface area contributed by atoms with Gasteiger partial charge in [-0.05, 0) is 48.6 Å². The van der Waals surface area contributed by atoms with Crippen LogP contribution >= 0.6 is 0 Å². The number of hydrogen-bond acceptors (Lipinski definition) is 5. The molecule has 0 radical (unpaired) electrons. The standard InChI is InChI=1S/C26H24F2N2O5S/c1-3-4-9-19(17(2)18-10-6-5-7-11-18)14-30-15-20(24(32)23(31)16-30)26(33)29-36(34,35)25-21(27)12-8-13-22(25)28/h3-4,6,8-13,15-16,31H,2,5,7,14H2,1H3,(H,29,33)/b4-3-,19-9-. The van der Waals surface area contributed by atoms with Gasteiger partial charge in [0.05, 0.1) is 6.20 Å². The molecule has 1 aromatic heterocycles. The lowest BCUT2D eigenvalue weighted by molar-refractivity contribution is 0.0979. The largest absolute Gasteiger partial charge is 0.503 e. The number of rotatable bonds is 8. The summed E-state index contributed by atoms with van der Waals surface area (Å²) in [6.07, 6.45) is 15.2. The van der Waals surface area contributed by atoms with Crippen molar-refractivity contribution >= 4 is 15.9 Å². The van der Waals surface area contributed by atoms with Crippen molar-refractivity contribution in [1.29, 1.82) is 0 Å². The normalized spacial score (nSPS) is 14.1. The SMILES string of the molecule is C=C(C1=CCCC=C1)/C(=C\C=C/C)Cn1cc(O)c(=O)c(C(=O)NS(=O)(=O)c2c(F)cccc2F)c1. The molecule has 0 unspecified atom stereocenters. The van der Waals surface area contributed by atoms with E-state index in [1.807, 2.05) is 25.2 Å². The molecule has 1 amide bonds. The molecular formula is C26H24F2N2O5S. The number of allylic oxidation sites excluding steroid dienone is 9. The summed E-state index contributed by atoms with van der Waals surface area (Å²) in [6.45, 7) is 6.02. The summed E-state index contributed by atoms with van der Waals surface area (Å²) >= 11 is 0. The van der Waals surface area contributed by atoms with Crippen LogP contribution in [0.25, 0.3) is 0 Å². The predicted molar refractivity (Wildman–Crippen MR) is 132 cm³/mol. The molecule has 0 aliphatic heterocycles. The monoisotopic (exact) mass is 514 g/mol. The van der Waals surface area contributed by atoms with Gasteiger partial charge in [-0.1, -0.05) is 49.1 Å². The van der Waals surface area contributed by atoms with E-state index < -0.39 is 49.2 Å². The smallest absolute Gasteiger partial charge is 0.270 e. The first-order valence-electron chi connectivity index (χ1n) is 10.9. The van der Waals surface area contributed by atoms with E-state index in [0.29, 0.717) is 23.3 Å². The molecule has 0 saturated carbocycles. The molecule has 3 rings (SSSR count). The molecule has 188 valence electrons. The molecule has 0 saturated heterocycles. The summed E-state index contributed by atoms with van der Waals surface area (Å²) in [5.41, 5.74) is 0.400. The summed E-state index contributed by atoms with van der Waals surface area (Å²) in [5.74, 6) is -5.09. The highest BCUT2D eigenvalue weighted by atomic mass is 32.2. The molecule has 0 atom stereocenters. The maximum absolute atomic E-state index is 14.0. The average molecular weight is 515 g/mol. The number of amides is 1. The van der Waals surface area contributed by atoms with Gasteiger partial charge in [-0.3, -0.25) is 9.59 Å². The van der Waals surface area contributed by atoms with Gasteiger partial charge in [0.1, 0.15) is 17.2 Å². The van der Waals surface area contributed by atoms with Gasteiger partial charge < -0.3 is 9.67 Å². The second-order valence-corrected chi connectivity index (χ2v) is 9.50. The van der Waals surface area contributed by atoms with Crippen LogP contribution in [0.3, 0.4) is 0 Å². The minimum absolute atomic E-state index is 0.0666. The lowest BCUT2D eigenvalue weighted by atomic mass is 9.94. The maximum Gasteiger partial charge on any atom is 0.270 e. The van der Waals surface area contributed by atoms with E-state index >= 15 is 0 Å². The topological polar surface area (TPSA) is 105 Å². The molecule has 7 nitrogen and oxygen atoms in total. The van der Waals surface area contributed by atoms with Gasteiger partial charge in [0, 0.05) is 12.7 Å². The number of nitrogens with zero attached hydrogens (tertiary/aromatic N) is 1. The van der Waals surface area contributed by atoms with Crippen molar-refractivity contribution in [2.45, 2.75) is 31.2 Å². The van der Waals surface area contributed by atoms with Crippen LogP contribution in [0.1, 0.15) is 30.1 Å². The van der Waals surface area contributed by atoms with Crippen molar-refractivity contribution in [3.63, 3.8) is 0 Å². The number of nitrogens with one attached hydrogen (secondary N) is 1. The first-order valence-corrected chi connectivity index (χ1v) is 12.4. The fourth-order valence-electron chi connectivity index (χ4n) is 3.52. The molecule has 0 spiro atoms. The van der Waals surface area contributed by atoms with Crippen molar-refractivity contribution in [3.8, 4) is 5.75 Å². The molecule has 1 aliphatic rings. The van der Waals surface area contributed by atoms with Crippen LogP contribution in [0.5, 0.6) is 5.75 Å². The van der Waals surface area contributed by atoms with E-state index in [2.05, 4.69) is 6.58 Å². The number of benzene rings is 1. The Morgan fingerprint density at radius 3 is 2.53 bits per heavy atom. The minimum atomic E-state index is -5.00. The number of pyridine rings is 1. The van der Waals surface area contributed by atoms with Crippen LogP contribution in [0.15, 0.2) is 100 Å². The number of sulfonamides is 1. The predicted octanol–water partition coefficient (Wildman–Crippen LogP) is 4.29. The second kappa shape index (κ2) is 11.1. The summed E-state index contributed by atoms with van der Waals surface area (Å²) in [6, 6.07) is 2.39. The zero-order valence-electron chi connectivity index (χ0n) is 19.4. The molecule has 36 heavy (non-hydrogen) atoms. The fraction of sp³-hybridized carbons (Fsp3) is 0.154. The van der Waals surface area contributed by atoms with Crippen LogP contribution in [-0.4, -0.2) is 24.0 Å². The molecule has 0 bridgehead atoms. The van der Waals surface area contributed by atoms with Gasteiger partial charge >= 0.3 is 0 Å². The number of aromatic hydroxyl groups is 1. The Kier molecular flexibility index (Phi) is 8.21. The highest BCUT2D eigenvalue weighted by Crippen LogP contribution is 2.25. The van der Waals surface area contributed by atoms with Gasteiger partial charge in [0.25, 0.3) is 15.9 Å². The number of aromatic nitrogens is 1. The molecule has 1 aliphatic carbocycles. The molecule has 1 heterocycles. The van der Waals surface area contributed by atoms with Gasteiger partial charge in [-0.25, -0.2) is 21.9 Å². The molecule has 2 aromatic rings. The quantitative estimate of drug-likeness (QED) is 0.512. The number of halogens is 2. The van der Waals surface area contributed by atoms with Crippen LogP contribution in [0.4, 0.5) is 8.78 Å². The van der Waals surface area contributed by atoms with E-state index in [1.54, 1.807) is 18.2 Å². The fourth-order valence-corrected chi connectivity index (χ4v) is 4.62. The molecular weight excluding hydrogens is 490 g/mol. The van der Waals surface area contributed by atoms with E-state index in [9.17, 15) is 31.9 Å². The minimum Gasteiger partial charge on any atom is -0.503 e. The highest BCUT2D eigenvalue weighted by Gasteiger charge is 2.28. The van der Waals surface area contributed by atoms with Crippen LogP contribution in [0.2, 0.25) is 0 Å². The third-order valence-electron chi connectivity index (χ3n) is 5.29. The number of hydrogen-bond donors (Lipinski definition) is 2. The molecule has 2 N–H and O–H groups in total.